The summed E-state index contributed by atoms with van der Waals surface area (Å²) in [6.07, 6.45) is -3.81. The van der Waals surface area contributed by atoms with E-state index in [0.717, 1.165) is 19.4 Å². The summed E-state index contributed by atoms with van der Waals surface area (Å²) in [6, 6.07) is 0. The summed E-state index contributed by atoms with van der Waals surface area (Å²) in [6.45, 7) is 3.62. The molecule has 106 valence electrons. The third-order valence-corrected chi connectivity index (χ3v) is 3.01. The van der Waals surface area contributed by atoms with E-state index in [4.69, 9.17) is 5.73 Å². The topological polar surface area (TPSA) is 49.6 Å². The van der Waals surface area contributed by atoms with Crippen LogP contribution in [0.15, 0.2) is 0 Å². The van der Waals surface area contributed by atoms with Gasteiger partial charge in [-0.1, -0.05) is 0 Å². The summed E-state index contributed by atoms with van der Waals surface area (Å²) >= 11 is 0. The van der Waals surface area contributed by atoms with E-state index in [9.17, 15) is 18.0 Å². The summed E-state index contributed by atoms with van der Waals surface area (Å²) in [4.78, 5) is 14.8. The molecule has 0 atom stereocenters. The number of piperazine rings is 1. The number of halogens is 3. The minimum absolute atomic E-state index is 0.386. The van der Waals surface area contributed by atoms with Crippen LogP contribution < -0.4 is 5.73 Å². The molecule has 0 spiro atoms. The van der Waals surface area contributed by atoms with E-state index in [1.54, 1.807) is 0 Å². The monoisotopic (exact) mass is 267 g/mol. The highest BCUT2D eigenvalue weighted by molar-refractivity contribution is 5.76. The van der Waals surface area contributed by atoms with Gasteiger partial charge < -0.3 is 10.6 Å². The fraction of sp³-hybridized carbons (Fsp3) is 0.909. The minimum Gasteiger partial charge on any atom is -0.340 e. The molecule has 2 N–H and O–H groups in total. The highest BCUT2D eigenvalue weighted by atomic mass is 19.4. The average Bonchev–Trinajstić information content (AvgIpc) is 2.28. The molecule has 1 rings (SSSR count). The number of hydrogen-bond donors (Lipinski definition) is 1. The van der Waals surface area contributed by atoms with Crippen LogP contribution in [-0.4, -0.2) is 61.2 Å². The number of amides is 1. The van der Waals surface area contributed by atoms with Gasteiger partial charge in [0.2, 0.25) is 5.91 Å². The molecule has 0 bridgehead atoms. The van der Waals surface area contributed by atoms with E-state index in [1.807, 2.05) is 0 Å². The number of nitrogens with zero attached hydrogens (tertiary/aromatic N) is 2. The molecule has 4 nitrogen and oxygen atoms in total. The first kappa shape index (κ1) is 15.2. The van der Waals surface area contributed by atoms with Crippen LogP contribution in [0.5, 0.6) is 0 Å². The summed E-state index contributed by atoms with van der Waals surface area (Å²) < 4.78 is 36.2. The van der Waals surface area contributed by atoms with Gasteiger partial charge in [0.25, 0.3) is 0 Å². The molecule has 1 amide bonds. The van der Waals surface area contributed by atoms with E-state index in [0.29, 0.717) is 32.7 Å². The summed E-state index contributed by atoms with van der Waals surface area (Å²) in [5.74, 6) is -0.816. The van der Waals surface area contributed by atoms with E-state index in [1.165, 1.54) is 4.90 Å². The number of nitrogens with two attached hydrogens (primary N) is 1. The molecule has 0 aromatic heterocycles. The van der Waals surface area contributed by atoms with Crippen molar-refractivity contribution in [2.24, 2.45) is 5.73 Å². The maximum atomic E-state index is 12.1. The molecule has 1 aliphatic heterocycles. The standard InChI is InChI=1S/C11H20F3N3O/c12-11(13,14)9-10(18)17-7-5-16(6-8-17)4-2-1-3-15/h1-9,15H2. The quantitative estimate of drug-likeness (QED) is 0.750. The fourth-order valence-electron chi connectivity index (χ4n) is 1.98. The van der Waals surface area contributed by atoms with Gasteiger partial charge in [0.05, 0.1) is 0 Å². The molecule has 18 heavy (non-hydrogen) atoms. The van der Waals surface area contributed by atoms with Crippen molar-refractivity contribution in [1.82, 2.24) is 9.80 Å². The average molecular weight is 267 g/mol. The zero-order chi connectivity index (χ0) is 13.6. The highest BCUT2D eigenvalue weighted by Crippen LogP contribution is 2.21. The van der Waals surface area contributed by atoms with Crippen LogP contribution in [-0.2, 0) is 4.79 Å². The smallest absolute Gasteiger partial charge is 0.340 e. The lowest BCUT2D eigenvalue weighted by Gasteiger charge is -2.34. The Morgan fingerprint density at radius 3 is 2.22 bits per heavy atom. The van der Waals surface area contributed by atoms with Crippen molar-refractivity contribution in [2.75, 3.05) is 39.3 Å². The van der Waals surface area contributed by atoms with Crippen molar-refractivity contribution in [2.45, 2.75) is 25.4 Å². The molecule has 0 unspecified atom stereocenters. The van der Waals surface area contributed by atoms with Crippen molar-refractivity contribution in [1.29, 1.82) is 0 Å². The van der Waals surface area contributed by atoms with Crippen molar-refractivity contribution in [3.8, 4) is 0 Å². The largest absolute Gasteiger partial charge is 0.397 e. The van der Waals surface area contributed by atoms with Gasteiger partial charge in [-0.2, -0.15) is 13.2 Å². The van der Waals surface area contributed by atoms with Gasteiger partial charge in [-0.25, -0.2) is 0 Å². The molecule has 1 heterocycles. The van der Waals surface area contributed by atoms with Gasteiger partial charge in [0, 0.05) is 26.2 Å². The van der Waals surface area contributed by atoms with Crippen LogP contribution >= 0.6 is 0 Å². The Morgan fingerprint density at radius 2 is 1.72 bits per heavy atom. The second-order valence-electron chi connectivity index (χ2n) is 4.51. The van der Waals surface area contributed by atoms with Gasteiger partial charge in [0.15, 0.2) is 0 Å². The molecule has 0 radical (unpaired) electrons. The molecule has 1 fully saturated rings. The molecule has 0 aromatic rings. The normalized spacial score (nSPS) is 18.1. The molecule has 7 heteroatoms. The predicted molar refractivity (Wildman–Crippen MR) is 62.0 cm³/mol. The number of unbranched alkanes of at least 4 members (excludes halogenated alkanes) is 1. The number of alkyl halides is 3. The first-order valence-corrected chi connectivity index (χ1v) is 6.19. The van der Waals surface area contributed by atoms with Gasteiger partial charge >= 0.3 is 6.18 Å². The third-order valence-electron chi connectivity index (χ3n) is 3.01. The molecule has 1 aliphatic rings. The van der Waals surface area contributed by atoms with Crippen LogP contribution in [0.3, 0.4) is 0 Å². The molecule has 0 saturated carbocycles. The molecule has 0 aliphatic carbocycles. The zero-order valence-corrected chi connectivity index (χ0v) is 10.4. The fourth-order valence-corrected chi connectivity index (χ4v) is 1.98. The van der Waals surface area contributed by atoms with Gasteiger partial charge in [-0.05, 0) is 25.9 Å². The lowest BCUT2D eigenvalue weighted by molar-refractivity contribution is -0.162. The highest BCUT2D eigenvalue weighted by Gasteiger charge is 2.34. The number of hydrogen-bond acceptors (Lipinski definition) is 3. The van der Waals surface area contributed by atoms with Crippen molar-refractivity contribution in [3.63, 3.8) is 0 Å². The van der Waals surface area contributed by atoms with E-state index >= 15 is 0 Å². The second kappa shape index (κ2) is 6.94. The van der Waals surface area contributed by atoms with Crippen LogP contribution in [0.2, 0.25) is 0 Å². The zero-order valence-electron chi connectivity index (χ0n) is 10.4. The van der Waals surface area contributed by atoms with E-state index in [-0.39, 0.29) is 0 Å². The molecule has 0 aromatic carbocycles. The number of rotatable bonds is 5. The first-order valence-electron chi connectivity index (χ1n) is 6.19. The first-order chi connectivity index (χ1) is 8.42. The Bertz CT molecular complexity index is 263. The van der Waals surface area contributed by atoms with E-state index in [2.05, 4.69) is 4.90 Å². The Kier molecular flexibility index (Phi) is 5.87. The Hall–Kier alpha value is -0.820. The number of carbonyl (C=O) groups excluding carboxylic acids is 1. The van der Waals surface area contributed by atoms with Crippen LogP contribution in [0.1, 0.15) is 19.3 Å². The summed E-state index contributed by atoms with van der Waals surface area (Å²) in [7, 11) is 0. The maximum Gasteiger partial charge on any atom is 0.397 e. The predicted octanol–water partition coefficient (Wildman–Crippen LogP) is 0.822. The molecular weight excluding hydrogens is 247 g/mol. The van der Waals surface area contributed by atoms with Gasteiger partial charge in [0.1, 0.15) is 6.42 Å². The summed E-state index contributed by atoms with van der Waals surface area (Å²) in [5, 5.41) is 0. The minimum atomic E-state index is -4.41. The van der Waals surface area contributed by atoms with Crippen molar-refractivity contribution >= 4 is 5.91 Å². The third kappa shape index (κ3) is 5.68. The Morgan fingerprint density at radius 1 is 1.11 bits per heavy atom. The summed E-state index contributed by atoms with van der Waals surface area (Å²) in [5.41, 5.74) is 5.39. The van der Waals surface area contributed by atoms with Gasteiger partial charge in [-0.15, -0.1) is 0 Å². The Balaban J connectivity index is 2.24. The van der Waals surface area contributed by atoms with Crippen molar-refractivity contribution < 1.29 is 18.0 Å². The maximum absolute atomic E-state index is 12.1. The van der Waals surface area contributed by atoms with Crippen LogP contribution in [0.25, 0.3) is 0 Å². The SMILES string of the molecule is NCCCCN1CCN(C(=O)CC(F)(F)F)CC1. The molecule has 1 saturated heterocycles. The van der Waals surface area contributed by atoms with Crippen molar-refractivity contribution in [3.05, 3.63) is 0 Å². The van der Waals surface area contributed by atoms with Gasteiger partial charge in [-0.3, -0.25) is 9.69 Å². The number of carbonyl (C=O) groups is 1. The lowest BCUT2D eigenvalue weighted by Crippen LogP contribution is -2.49. The lowest BCUT2D eigenvalue weighted by atomic mass is 10.2. The van der Waals surface area contributed by atoms with E-state index < -0.39 is 18.5 Å². The van der Waals surface area contributed by atoms with Crippen LogP contribution in [0.4, 0.5) is 13.2 Å². The molecular formula is C11H20F3N3O. The second-order valence-corrected chi connectivity index (χ2v) is 4.51. The Labute approximate surface area is 105 Å². The van der Waals surface area contributed by atoms with Crippen LogP contribution in [0, 0.1) is 0 Å².